The number of aliphatic imine (C=N–C) groups is 1. The van der Waals surface area contributed by atoms with E-state index in [0.29, 0.717) is 0 Å². The Bertz CT molecular complexity index is 1250. The van der Waals surface area contributed by atoms with Crippen molar-refractivity contribution in [2.45, 2.75) is 58.2 Å². The van der Waals surface area contributed by atoms with E-state index in [9.17, 15) is 0 Å². The van der Waals surface area contributed by atoms with Crippen molar-refractivity contribution in [1.82, 2.24) is 15.1 Å². The predicted molar refractivity (Wildman–Crippen MR) is 164 cm³/mol. The first-order valence-corrected chi connectivity index (χ1v) is 15.4. The van der Waals surface area contributed by atoms with Crippen molar-refractivity contribution in [3.63, 3.8) is 0 Å². The molecule has 0 atom stereocenters. The molecule has 0 spiro atoms. The van der Waals surface area contributed by atoms with Crippen LogP contribution in [0, 0.1) is 5.92 Å². The van der Waals surface area contributed by atoms with Gasteiger partial charge in [-0.15, -0.1) is 0 Å². The predicted octanol–water partition coefficient (Wildman–Crippen LogP) is 6.06. The van der Waals surface area contributed by atoms with Crippen molar-refractivity contribution >= 4 is 5.84 Å². The summed E-state index contributed by atoms with van der Waals surface area (Å²) in [6, 6.07) is 26.6. The van der Waals surface area contributed by atoms with Gasteiger partial charge in [-0.25, -0.2) is 0 Å². The minimum atomic E-state index is 0.819. The van der Waals surface area contributed by atoms with E-state index < -0.39 is 0 Å². The fourth-order valence-corrected chi connectivity index (χ4v) is 6.49. The highest BCUT2D eigenvalue weighted by molar-refractivity contribution is 5.99. The number of amidine groups is 1. The monoisotopic (exact) mass is 536 g/mol. The molecule has 0 amide bonds. The lowest BCUT2D eigenvalue weighted by molar-refractivity contribution is 0.166. The first kappa shape index (κ1) is 27.0. The number of hydrogen-bond acceptors (Lipinski definition) is 5. The van der Waals surface area contributed by atoms with E-state index in [1.165, 1.54) is 66.6 Å². The smallest absolute Gasteiger partial charge is 0.128 e. The number of aryl methyl sites for hydroxylation is 1. The maximum Gasteiger partial charge on any atom is 0.128 e. The molecule has 3 aromatic rings. The second-order valence-electron chi connectivity index (χ2n) is 11.8. The summed E-state index contributed by atoms with van der Waals surface area (Å²) in [5, 5.41) is 3.36. The van der Waals surface area contributed by atoms with Gasteiger partial charge in [-0.05, 0) is 98.5 Å². The van der Waals surface area contributed by atoms with Gasteiger partial charge in [-0.1, -0.05) is 60.7 Å². The van der Waals surface area contributed by atoms with Crippen molar-refractivity contribution < 1.29 is 4.74 Å². The number of nitrogens with zero attached hydrogens (tertiary/aromatic N) is 3. The lowest BCUT2D eigenvalue weighted by Crippen LogP contribution is -2.33. The number of hydrogen-bond donors (Lipinski definition) is 1. The number of rotatable bonds is 10. The van der Waals surface area contributed by atoms with Crippen molar-refractivity contribution in [2.24, 2.45) is 10.9 Å². The van der Waals surface area contributed by atoms with E-state index in [-0.39, 0.29) is 0 Å². The third-order valence-corrected chi connectivity index (χ3v) is 8.78. The maximum absolute atomic E-state index is 6.26. The van der Waals surface area contributed by atoms with E-state index >= 15 is 0 Å². The Morgan fingerprint density at radius 3 is 2.42 bits per heavy atom. The third-order valence-electron chi connectivity index (χ3n) is 8.78. The van der Waals surface area contributed by atoms with Crippen LogP contribution in [0.4, 0.5) is 0 Å². The quantitative estimate of drug-likeness (QED) is 0.320. The summed E-state index contributed by atoms with van der Waals surface area (Å²) in [4.78, 5) is 9.72. The van der Waals surface area contributed by atoms with Crippen molar-refractivity contribution in [3.8, 4) is 5.75 Å². The zero-order valence-electron chi connectivity index (χ0n) is 23.9. The highest BCUT2D eigenvalue weighted by atomic mass is 16.5. The second-order valence-corrected chi connectivity index (χ2v) is 11.8. The molecule has 40 heavy (non-hydrogen) atoms. The minimum absolute atomic E-state index is 0.819. The number of nitrogens with one attached hydrogen (secondary N) is 1. The van der Waals surface area contributed by atoms with Gasteiger partial charge in [0.1, 0.15) is 11.6 Å². The molecule has 5 nitrogen and oxygen atoms in total. The highest BCUT2D eigenvalue weighted by Crippen LogP contribution is 2.26. The number of piperidine rings is 1. The lowest BCUT2D eigenvalue weighted by Gasteiger charge is -2.32. The molecule has 1 saturated heterocycles. The summed E-state index contributed by atoms with van der Waals surface area (Å²) >= 11 is 0. The van der Waals surface area contributed by atoms with Crippen LogP contribution in [-0.2, 0) is 26.1 Å². The molecule has 0 aliphatic carbocycles. The fourth-order valence-electron chi connectivity index (χ4n) is 6.49. The molecule has 3 heterocycles. The molecule has 3 aliphatic heterocycles. The molecule has 210 valence electrons. The molecule has 3 aromatic carbocycles. The van der Waals surface area contributed by atoms with Crippen LogP contribution < -0.4 is 10.1 Å². The Morgan fingerprint density at radius 1 is 0.825 bits per heavy atom. The van der Waals surface area contributed by atoms with Gasteiger partial charge in [0.2, 0.25) is 0 Å². The topological polar surface area (TPSA) is 40.1 Å². The normalized spacial score (nSPS) is 18.6. The van der Waals surface area contributed by atoms with Crippen LogP contribution in [0.15, 0.2) is 77.8 Å². The van der Waals surface area contributed by atoms with Gasteiger partial charge in [-0.2, -0.15) is 0 Å². The SMILES string of the molecule is c1ccc(CN2CCCc3ccc(OCCCC4CCN(Cc5ccc(C6=NCCN6)cc5)CC4)cc3C2)cc1. The summed E-state index contributed by atoms with van der Waals surface area (Å²) in [5.41, 5.74) is 6.94. The average Bonchev–Trinajstić information content (AvgIpc) is 3.46. The fraction of sp³-hybridized carbons (Fsp3) is 0.457. The average molecular weight is 537 g/mol. The van der Waals surface area contributed by atoms with Gasteiger partial charge in [0.25, 0.3) is 0 Å². The Hall–Kier alpha value is -3.15. The van der Waals surface area contributed by atoms with Gasteiger partial charge in [0.15, 0.2) is 0 Å². The van der Waals surface area contributed by atoms with Crippen LogP contribution in [0.1, 0.15) is 59.9 Å². The van der Waals surface area contributed by atoms with Gasteiger partial charge in [0.05, 0.1) is 13.2 Å². The molecule has 0 aromatic heterocycles. The maximum atomic E-state index is 6.26. The first-order chi connectivity index (χ1) is 19.8. The third kappa shape index (κ3) is 7.32. The van der Waals surface area contributed by atoms with Crippen LogP contribution in [-0.4, -0.2) is 55.0 Å². The second kappa shape index (κ2) is 13.5. The van der Waals surface area contributed by atoms with E-state index in [4.69, 9.17) is 4.74 Å². The summed E-state index contributed by atoms with van der Waals surface area (Å²) in [7, 11) is 0. The number of likely N-dealkylation sites (tertiary alicyclic amines) is 1. The van der Waals surface area contributed by atoms with Crippen LogP contribution in [0.25, 0.3) is 0 Å². The van der Waals surface area contributed by atoms with Gasteiger partial charge < -0.3 is 10.1 Å². The van der Waals surface area contributed by atoms with E-state index in [0.717, 1.165) is 76.2 Å². The van der Waals surface area contributed by atoms with E-state index in [2.05, 4.69) is 92.9 Å². The zero-order valence-corrected chi connectivity index (χ0v) is 23.9. The molecular formula is C35H44N4O. The Kier molecular flexibility index (Phi) is 9.11. The highest BCUT2D eigenvalue weighted by Gasteiger charge is 2.20. The molecule has 0 unspecified atom stereocenters. The van der Waals surface area contributed by atoms with Gasteiger partial charge in [-0.3, -0.25) is 14.8 Å². The summed E-state index contributed by atoms with van der Waals surface area (Å²) in [6.07, 6.45) is 7.40. The van der Waals surface area contributed by atoms with Crippen molar-refractivity contribution in [3.05, 3.63) is 101 Å². The number of benzene rings is 3. The Labute approximate surface area is 240 Å². The summed E-state index contributed by atoms with van der Waals surface area (Å²) in [5.74, 6) is 2.91. The van der Waals surface area contributed by atoms with E-state index in [1.54, 1.807) is 0 Å². The Morgan fingerprint density at radius 2 is 1.62 bits per heavy atom. The minimum Gasteiger partial charge on any atom is -0.494 e. The molecule has 1 fully saturated rings. The molecule has 0 saturated carbocycles. The zero-order chi connectivity index (χ0) is 27.0. The van der Waals surface area contributed by atoms with Gasteiger partial charge >= 0.3 is 0 Å². The molecule has 0 bridgehead atoms. The van der Waals surface area contributed by atoms with Crippen LogP contribution in [0.2, 0.25) is 0 Å². The van der Waals surface area contributed by atoms with Crippen molar-refractivity contribution in [2.75, 3.05) is 39.3 Å². The Balaban J connectivity index is 0.909. The van der Waals surface area contributed by atoms with E-state index in [1.807, 2.05) is 0 Å². The van der Waals surface area contributed by atoms with Crippen LogP contribution in [0.5, 0.6) is 5.75 Å². The standard InChI is InChI=1S/C35H44N4O/c1-2-6-29(7-3-1)26-39-20-4-9-31-14-15-34(24-33(31)27-39)40-23-5-8-28-16-21-38(22-17-28)25-30-10-12-32(13-11-30)35-36-18-19-37-35/h1-3,6-7,10-15,24,28H,4-5,8-9,16-23,25-27H2,(H,36,37). The molecule has 0 radical (unpaired) electrons. The lowest BCUT2D eigenvalue weighted by atomic mass is 9.92. The van der Waals surface area contributed by atoms with Crippen LogP contribution >= 0.6 is 0 Å². The molecule has 3 aliphatic rings. The number of ether oxygens (including phenoxy) is 1. The summed E-state index contributed by atoms with van der Waals surface area (Å²) in [6.45, 7) is 9.30. The summed E-state index contributed by atoms with van der Waals surface area (Å²) < 4.78 is 6.26. The molecule has 6 rings (SSSR count). The largest absolute Gasteiger partial charge is 0.494 e. The number of fused-ring (bicyclic) bond motifs is 1. The molecular weight excluding hydrogens is 492 g/mol. The first-order valence-electron chi connectivity index (χ1n) is 15.4. The van der Waals surface area contributed by atoms with Crippen LogP contribution in [0.3, 0.4) is 0 Å². The van der Waals surface area contributed by atoms with Gasteiger partial charge in [0, 0.05) is 31.7 Å². The van der Waals surface area contributed by atoms with Crippen molar-refractivity contribution in [1.29, 1.82) is 0 Å². The molecule has 5 heteroatoms. The molecule has 1 N–H and O–H groups in total.